The Labute approximate surface area is 116 Å². The zero-order valence-corrected chi connectivity index (χ0v) is 10.9. The summed E-state index contributed by atoms with van der Waals surface area (Å²) in [5, 5.41) is 1.02. The van der Waals surface area contributed by atoms with Gasteiger partial charge >= 0.3 is 0 Å². The summed E-state index contributed by atoms with van der Waals surface area (Å²) in [7, 11) is 0. The summed E-state index contributed by atoms with van der Waals surface area (Å²) < 4.78 is 20.9. The zero-order valence-electron chi connectivity index (χ0n) is 10.9. The number of halogens is 1. The summed E-state index contributed by atoms with van der Waals surface area (Å²) >= 11 is 0. The van der Waals surface area contributed by atoms with Crippen LogP contribution in [0, 0.1) is 5.82 Å². The average molecular weight is 270 g/mol. The number of fused-ring (bicyclic) bond motifs is 1. The smallest absolute Gasteiger partial charge is 0.142 e. The van der Waals surface area contributed by atoms with Gasteiger partial charge in [0.2, 0.25) is 0 Å². The lowest BCUT2D eigenvalue weighted by Crippen LogP contribution is -2.08. The molecular formula is C16H15FN2O. The van der Waals surface area contributed by atoms with Crippen molar-refractivity contribution in [2.75, 3.05) is 12.3 Å². The molecule has 0 atom stereocenters. The van der Waals surface area contributed by atoms with E-state index in [9.17, 15) is 4.39 Å². The van der Waals surface area contributed by atoms with Crippen molar-refractivity contribution in [1.82, 2.24) is 4.57 Å². The maximum atomic E-state index is 13.3. The lowest BCUT2D eigenvalue weighted by Gasteiger charge is -2.10. The fourth-order valence-corrected chi connectivity index (χ4v) is 2.22. The van der Waals surface area contributed by atoms with E-state index in [0.717, 1.165) is 10.9 Å². The van der Waals surface area contributed by atoms with E-state index >= 15 is 0 Å². The van der Waals surface area contributed by atoms with Gasteiger partial charge in [-0.25, -0.2) is 4.39 Å². The first-order valence-electron chi connectivity index (χ1n) is 6.46. The van der Waals surface area contributed by atoms with Gasteiger partial charge in [-0.2, -0.15) is 0 Å². The van der Waals surface area contributed by atoms with Gasteiger partial charge < -0.3 is 15.0 Å². The third-order valence-corrected chi connectivity index (χ3v) is 3.24. The summed E-state index contributed by atoms with van der Waals surface area (Å²) in [5.74, 6) is 0.445. The number of nitrogens with zero attached hydrogens (tertiary/aromatic N) is 1. The van der Waals surface area contributed by atoms with Gasteiger partial charge in [0.05, 0.1) is 17.7 Å². The Morgan fingerprint density at radius 1 is 1.10 bits per heavy atom. The van der Waals surface area contributed by atoms with Gasteiger partial charge in [0.1, 0.15) is 18.2 Å². The van der Waals surface area contributed by atoms with Crippen LogP contribution in [0.2, 0.25) is 0 Å². The minimum Gasteiger partial charge on any atom is -0.490 e. The van der Waals surface area contributed by atoms with Crippen molar-refractivity contribution < 1.29 is 9.13 Å². The molecule has 0 aliphatic carbocycles. The minimum absolute atomic E-state index is 0.231. The van der Waals surface area contributed by atoms with E-state index in [1.165, 1.54) is 12.1 Å². The highest BCUT2D eigenvalue weighted by Gasteiger charge is 2.03. The molecule has 0 fully saturated rings. The maximum Gasteiger partial charge on any atom is 0.142 e. The predicted octanol–water partition coefficient (Wildman–Crippen LogP) is 3.44. The van der Waals surface area contributed by atoms with Crippen molar-refractivity contribution in [3.05, 3.63) is 60.5 Å². The van der Waals surface area contributed by atoms with Crippen LogP contribution in [0.25, 0.3) is 10.9 Å². The third-order valence-electron chi connectivity index (χ3n) is 3.24. The molecule has 1 aromatic heterocycles. The van der Waals surface area contributed by atoms with Crippen molar-refractivity contribution in [2.45, 2.75) is 6.54 Å². The van der Waals surface area contributed by atoms with Crippen molar-refractivity contribution in [3.8, 4) is 5.75 Å². The lowest BCUT2D eigenvalue weighted by atomic mass is 10.2. The lowest BCUT2D eigenvalue weighted by molar-refractivity contribution is 0.302. The number of anilines is 1. The van der Waals surface area contributed by atoms with Crippen LogP contribution >= 0.6 is 0 Å². The number of ether oxygens (including phenoxy) is 1. The maximum absolute atomic E-state index is 13.3. The van der Waals surface area contributed by atoms with Gasteiger partial charge in [-0.3, -0.25) is 0 Å². The number of rotatable bonds is 4. The molecular weight excluding hydrogens is 255 g/mol. The molecule has 2 aromatic carbocycles. The molecule has 20 heavy (non-hydrogen) atoms. The summed E-state index contributed by atoms with van der Waals surface area (Å²) in [6, 6.07) is 14.1. The van der Waals surface area contributed by atoms with E-state index in [-0.39, 0.29) is 5.82 Å². The highest BCUT2D eigenvalue weighted by atomic mass is 19.1. The van der Waals surface area contributed by atoms with E-state index in [2.05, 4.69) is 0 Å². The van der Waals surface area contributed by atoms with E-state index in [1.54, 1.807) is 12.1 Å². The highest BCUT2D eigenvalue weighted by molar-refractivity contribution is 5.80. The number of hydrogen-bond donors (Lipinski definition) is 1. The third kappa shape index (κ3) is 2.45. The zero-order chi connectivity index (χ0) is 13.9. The van der Waals surface area contributed by atoms with Gasteiger partial charge in [-0.1, -0.05) is 12.1 Å². The standard InChI is InChI=1S/C16H15FN2O/c17-13-6-5-12-7-8-19(15(12)11-13)9-10-20-16-4-2-1-3-14(16)18/h1-8,11H,9-10,18H2. The predicted molar refractivity (Wildman–Crippen MR) is 78.2 cm³/mol. The van der Waals surface area contributed by atoms with Crippen LogP contribution in [0.1, 0.15) is 0 Å². The molecule has 0 saturated heterocycles. The molecule has 3 rings (SSSR count). The monoisotopic (exact) mass is 270 g/mol. The number of para-hydroxylation sites is 2. The number of nitrogens with two attached hydrogens (primary N) is 1. The Hall–Kier alpha value is -2.49. The Kier molecular flexibility index (Phi) is 3.29. The van der Waals surface area contributed by atoms with Crippen LogP contribution in [-0.2, 0) is 6.54 Å². The van der Waals surface area contributed by atoms with Crippen LogP contribution < -0.4 is 10.5 Å². The van der Waals surface area contributed by atoms with Gasteiger partial charge in [0, 0.05) is 6.20 Å². The van der Waals surface area contributed by atoms with Crippen LogP contribution in [0.3, 0.4) is 0 Å². The van der Waals surface area contributed by atoms with Crippen LogP contribution in [0.15, 0.2) is 54.7 Å². The second-order valence-electron chi connectivity index (χ2n) is 4.60. The second kappa shape index (κ2) is 5.25. The Bertz CT molecular complexity index is 736. The fraction of sp³-hybridized carbons (Fsp3) is 0.125. The molecule has 1 heterocycles. The largest absolute Gasteiger partial charge is 0.490 e. The summed E-state index contributed by atoms with van der Waals surface area (Å²) in [6.07, 6.45) is 1.93. The Balaban J connectivity index is 1.71. The molecule has 0 saturated carbocycles. The molecule has 3 aromatic rings. The van der Waals surface area contributed by atoms with Gasteiger partial charge in [-0.05, 0) is 41.8 Å². The van der Waals surface area contributed by atoms with E-state index < -0.39 is 0 Å². The molecule has 4 heteroatoms. The first kappa shape index (κ1) is 12.5. The summed E-state index contributed by atoms with van der Waals surface area (Å²) in [4.78, 5) is 0. The SMILES string of the molecule is Nc1ccccc1OCCn1ccc2ccc(F)cc21. The summed E-state index contributed by atoms with van der Waals surface area (Å²) in [5.41, 5.74) is 7.30. The molecule has 0 aliphatic rings. The van der Waals surface area contributed by atoms with Gasteiger partial charge in [0.15, 0.2) is 0 Å². The van der Waals surface area contributed by atoms with Crippen molar-refractivity contribution in [1.29, 1.82) is 0 Å². The van der Waals surface area contributed by atoms with Gasteiger partial charge in [-0.15, -0.1) is 0 Å². The molecule has 102 valence electrons. The molecule has 0 aliphatic heterocycles. The minimum atomic E-state index is -0.231. The highest BCUT2D eigenvalue weighted by Crippen LogP contribution is 2.20. The average Bonchev–Trinajstić information content (AvgIpc) is 2.83. The topological polar surface area (TPSA) is 40.2 Å². The molecule has 2 N–H and O–H groups in total. The van der Waals surface area contributed by atoms with Crippen LogP contribution in [0.5, 0.6) is 5.75 Å². The van der Waals surface area contributed by atoms with Crippen molar-refractivity contribution in [3.63, 3.8) is 0 Å². The summed E-state index contributed by atoms with van der Waals surface area (Å²) in [6.45, 7) is 1.12. The first-order valence-corrected chi connectivity index (χ1v) is 6.46. The molecule has 0 amide bonds. The number of aromatic nitrogens is 1. The number of hydrogen-bond acceptors (Lipinski definition) is 2. The molecule has 0 unspecified atom stereocenters. The fourth-order valence-electron chi connectivity index (χ4n) is 2.22. The first-order chi connectivity index (χ1) is 9.74. The normalized spacial score (nSPS) is 10.8. The van der Waals surface area contributed by atoms with Crippen molar-refractivity contribution in [2.24, 2.45) is 0 Å². The van der Waals surface area contributed by atoms with E-state index in [4.69, 9.17) is 10.5 Å². The second-order valence-corrected chi connectivity index (χ2v) is 4.60. The van der Waals surface area contributed by atoms with Crippen molar-refractivity contribution >= 4 is 16.6 Å². The quantitative estimate of drug-likeness (QED) is 0.738. The van der Waals surface area contributed by atoms with E-state index in [1.807, 2.05) is 35.0 Å². The van der Waals surface area contributed by atoms with Crippen LogP contribution in [-0.4, -0.2) is 11.2 Å². The molecule has 0 spiro atoms. The molecule has 3 nitrogen and oxygen atoms in total. The Morgan fingerprint density at radius 3 is 2.80 bits per heavy atom. The Morgan fingerprint density at radius 2 is 1.95 bits per heavy atom. The molecule has 0 radical (unpaired) electrons. The molecule has 0 bridgehead atoms. The number of benzene rings is 2. The van der Waals surface area contributed by atoms with Gasteiger partial charge in [0.25, 0.3) is 0 Å². The number of nitrogen functional groups attached to an aromatic ring is 1. The van der Waals surface area contributed by atoms with E-state index in [0.29, 0.717) is 24.6 Å². The van der Waals surface area contributed by atoms with Crippen LogP contribution in [0.4, 0.5) is 10.1 Å².